The van der Waals surface area contributed by atoms with Crippen LogP contribution in [0.3, 0.4) is 0 Å². The molecule has 1 heterocycles. The molecular weight excluding hydrogens is 336 g/mol. The molecule has 1 fully saturated rings. The Morgan fingerprint density at radius 3 is 2.27 bits per heavy atom. The molecule has 2 rings (SSSR count). The number of urea groups is 1. The Morgan fingerprint density at radius 1 is 1.19 bits per heavy atom. The highest BCUT2D eigenvalue weighted by Crippen LogP contribution is 2.14. The molecule has 1 aromatic rings. The summed E-state index contributed by atoms with van der Waals surface area (Å²) in [7, 11) is 0. The minimum Gasteiger partial charge on any atom is -0.491 e. The summed E-state index contributed by atoms with van der Waals surface area (Å²) in [6, 6.07) is 7.27. The second-order valence-electron chi connectivity index (χ2n) is 5.73. The van der Waals surface area contributed by atoms with Crippen LogP contribution in [0.25, 0.3) is 6.08 Å². The summed E-state index contributed by atoms with van der Waals surface area (Å²) < 4.78 is 10.5. The Bertz CT molecular complexity index is 617. The maximum atomic E-state index is 10.4. The molecule has 142 valence electrons. The van der Waals surface area contributed by atoms with Gasteiger partial charge in [0.05, 0.1) is 19.3 Å². The molecule has 1 saturated heterocycles. The number of allylic oxidation sites excluding steroid dienone is 2. The van der Waals surface area contributed by atoms with Gasteiger partial charge in [0.2, 0.25) is 0 Å². The molecule has 1 aromatic carbocycles. The molecular formula is C19H26N2O5. The second-order valence-corrected chi connectivity index (χ2v) is 5.73. The quantitative estimate of drug-likeness (QED) is 0.619. The average molecular weight is 362 g/mol. The SMILES string of the molecule is CC(C)Oc1ccc(/C=C/C=C/C(=O)O)cc1.NC(=O)N1CCOCC1. The fourth-order valence-corrected chi connectivity index (χ4v) is 2.02. The minimum absolute atomic E-state index is 0.162. The first-order valence-electron chi connectivity index (χ1n) is 8.35. The lowest BCUT2D eigenvalue weighted by molar-refractivity contribution is -0.131. The monoisotopic (exact) mass is 362 g/mol. The smallest absolute Gasteiger partial charge is 0.328 e. The molecule has 0 unspecified atom stereocenters. The van der Waals surface area contributed by atoms with E-state index in [1.807, 2.05) is 44.2 Å². The summed E-state index contributed by atoms with van der Waals surface area (Å²) in [5.41, 5.74) is 6.00. The fraction of sp³-hybridized carbons (Fsp3) is 0.368. The van der Waals surface area contributed by atoms with Crippen molar-refractivity contribution in [2.45, 2.75) is 20.0 Å². The van der Waals surface area contributed by atoms with Crippen molar-refractivity contribution in [3.8, 4) is 5.75 Å². The normalized spacial score (nSPS) is 14.3. The van der Waals surface area contributed by atoms with Crippen molar-refractivity contribution in [2.75, 3.05) is 26.3 Å². The van der Waals surface area contributed by atoms with E-state index in [0.717, 1.165) is 17.4 Å². The molecule has 1 aliphatic heterocycles. The van der Waals surface area contributed by atoms with Gasteiger partial charge in [-0.25, -0.2) is 9.59 Å². The third-order valence-electron chi connectivity index (χ3n) is 3.21. The number of ether oxygens (including phenoxy) is 2. The van der Waals surface area contributed by atoms with Crippen LogP contribution in [0.15, 0.2) is 42.5 Å². The molecule has 0 aromatic heterocycles. The van der Waals surface area contributed by atoms with Crippen LogP contribution in [0.1, 0.15) is 19.4 Å². The van der Waals surface area contributed by atoms with E-state index in [1.54, 1.807) is 11.0 Å². The zero-order valence-corrected chi connectivity index (χ0v) is 15.1. The largest absolute Gasteiger partial charge is 0.491 e. The van der Waals surface area contributed by atoms with Gasteiger partial charge in [0, 0.05) is 19.2 Å². The summed E-state index contributed by atoms with van der Waals surface area (Å²) in [5, 5.41) is 8.39. The molecule has 26 heavy (non-hydrogen) atoms. The topological polar surface area (TPSA) is 102 Å². The molecule has 1 aliphatic rings. The van der Waals surface area contributed by atoms with E-state index in [1.165, 1.54) is 6.08 Å². The van der Waals surface area contributed by atoms with Crippen molar-refractivity contribution in [2.24, 2.45) is 5.73 Å². The summed E-state index contributed by atoms with van der Waals surface area (Å²) in [4.78, 5) is 22.2. The van der Waals surface area contributed by atoms with Crippen LogP contribution in [-0.2, 0) is 9.53 Å². The Balaban J connectivity index is 0.000000314. The Labute approximate surface area is 153 Å². The molecule has 0 radical (unpaired) electrons. The Morgan fingerprint density at radius 2 is 1.81 bits per heavy atom. The van der Waals surface area contributed by atoms with Crippen LogP contribution in [0.2, 0.25) is 0 Å². The van der Waals surface area contributed by atoms with Crippen molar-refractivity contribution >= 4 is 18.1 Å². The molecule has 0 bridgehead atoms. The highest BCUT2D eigenvalue weighted by atomic mass is 16.5. The molecule has 7 nitrogen and oxygen atoms in total. The van der Waals surface area contributed by atoms with Gasteiger partial charge in [0.1, 0.15) is 5.75 Å². The Kier molecular flexibility index (Phi) is 9.56. The summed E-state index contributed by atoms with van der Waals surface area (Å²) in [6.45, 7) is 6.45. The number of carbonyl (C=O) groups is 2. The van der Waals surface area contributed by atoms with E-state index in [9.17, 15) is 9.59 Å². The van der Waals surface area contributed by atoms with Gasteiger partial charge in [0.15, 0.2) is 0 Å². The van der Waals surface area contributed by atoms with Crippen LogP contribution in [0.5, 0.6) is 5.75 Å². The van der Waals surface area contributed by atoms with Crippen molar-refractivity contribution < 1.29 is 24.2 Å². The number of hydrogen-bond acceptors (Lipinski definition) is 4. The van der Waals surface area contributed by atoms with Gasteiger partial charge < -0.3 is 25.2 Å². The number of primary amides is 1. The third kappa shape index (κ3) is 9.48. The molecule has 0 aliphatic carbocycles. The van der Waals surface area contributed by atoms with Crippen molar-refractivity contribution in [3.63, 3.8) is 0 Å². The molecule has 0 saturated carbocycles. The first-order chi connectivity index (χ1) is 12.4. The lowest BCUT2D eigenvalue weighted by Crippen LogP contribution is -2.43. The number of benzene rings is 1. The number of nitrogens with two attached hydrogens (primary N) is 1. The lowest BCUT2D eigenvalue weighted by Gasteiger charge is -2.24. The predicted octanol–water partition coefficient (Wildman–Crippen LogP) is 2.53. The number of morpholine rings is 1. The van der Waals surface area contributed by atoms with Crippen LogP contribution < -0.4 is 10.5 Å². The number of hydrogen-bond donors (Lipinski definition) is 2. The summed E-state index contributed by atoms with van der Waals surface area (Å²) in [5.74, 6) is -0.117. The maximum absolute atomic E-state index is 10.4. The van der Waals surface area contributed by atoms with Gasteiger partial charge in [-0.15, -0.1) is 0 Å². The number of carbonyl (C=O) groups excluding carboxylic acids is 1. The minimum atomic E-state index is -0.949. The van der Waals surface area contributed by atoms with Crippen LogP contribution in [0, 0.1) is 0 Å². The van der Waals surface area contributed by atoms with E-state index in [0.29, 0.717) is 26.3 Å². The second kappa shape index (κ2) is 11.7. The molecule has 2 amide bonds. The standard InChI is InChI=1S/C14H16O3.C5H10N2O2/c1-11(2)17-13-9-7-12(8-10-13)5-3-4-6-14(15)16;6-5(8)7-1-3-9-4-2-7/h3-11H,1-2H3,(H,15,16);1-4H2,(H2,6,8)/b5-3+,6-4+;. The summed E-state index contributed by atoms with van der Waals surface area (Å²) in [6.07, 6.45) is 6.26. The number of carboxylic acid groups (broad SMARTS) is 1. The first-order valence-corrected chi connectivity index (χ1v) is 8.35. The fourth-order valence-electron chi connectivity index (χ4n) is 2.02. The van der Waals surface area contributed by atoms with E-state index in [2.05, 4.69) is 0 Å². The van der Waals surface area contributed by atoms with E-state index in [4.69, 9.17) is 20.3 Å². The van der Waals surface area contributed by atoms with Gasteiger partial charge in [-0.3, -0.25) is 0 Å². The zero-order chi connectivity index (χ0) is 19.4. The van der Waals surface area contributed by atoms with E-state index >= 15 is 0 Å². The van der Waals surface area contributed by atoms with E-state index < -0.39 is 5.97 Å². The average Bonchev–Trinajstić information content (AvgIpc) is 2.61. The maximum Gasteiger partial charge on any atom is 0.328 e. The molecule has 0 spiro atoms. The van der Waals surface area contributed by atoms with Crippen molar-refractivity contribution in [1.29, 1.82) is 0 Å². The molecule has 3 N–H and O–H groups in total. The van der Waals surface area contributed by atoms with Crippen molar-refractivity contribution in [1.82, 2.24) is 4.90 Å². The highest BCUT2D eigenvalue weighted by Gasteiger charge is 2.12. The molecule has 0 atom stereocenters. The number of carboxylic acids is 1. The van der Waals surface area contributed by atoms with Gasteiger partial charge in [0.25, 0.3) is 0 Å². The van der Waals surface area contributed by atoms with Crippen LogP contribution in [0.4, 0.5) is 4.79 Å². The number of amides is 2. The number of rotatable bonds is 5. The third-order valence-corrected chi connectivity index (χ3v) is 3.21. The van der Waals surface area contributed by atoms with Gasteiger partial charge >= 0.3 is 12.0 Å². The molecule has 7 heteroatoms. The number of nitrogens with zero attached hydrogens (tertiary/aromatic N) is 1. The summed E-state index contributed by atoms with van der Waals surface area (Å²) >= 11 is 0. The van der Waals surface area contributed by atoms with Gasteiger partial charge in [-0.2, -0.15) is 0 Å². The first kappa shape index (κ1) is 21.2. The van der Waals surface area contributed by atoms with Gasteiger partial charge in [-0.05, 0) is 31.5 Å². The zero-order valence-electron chi connectivity index (χ0n) is 15.1. The van der Waals surface area contributed by atoms with Crippen molar-refractivity contribution in [3.05, 3.63) is 48.1 Å². The van der Waals surface area contributed by atoms with Crippen LogP contribution in [-0.4, -0.2) is 54.4 Å². The van der Waals surface area contributed by atoms with E-state index in [-0.39, 0.29) is 12.1 Å². The number of aliphatic carboxylic acids is 1. The Hall–Kier alpha value is -2.80. The van der Waals surface area contributed by atoms with Crippen LogP contribution >= 0.6 is 0 Å². The predicted molar refractivity (Wildman–Crippen MR) is 100.0 cm³/mol. The lowest BCUT2D eigenvalue weighted by atomic mass is 10.2. The van der Waals surface area contributed by atoms with Gasteiger partial charge in [-0.1, -0.05) is 30.4 Å². The highest BCUT2D eigenvalue weighted by molar-refractivity contribution is 5.80.